The lowest BCUT2D eigenvalue weighted by Gasteiger charge is -2.08. The van der Waals surface area contributed by atoms with Gasteiger partial charge in [0.25, 0.3) is 0 Å². The van der Waals surface area contributed by atoms with Gasteiger partial charge in [0.15, 0.2) is 11.6 Å². The molecule has 1 aromatic carbocycles. The number of hydrogen-bond donors (Lipinski definition) is 1. The van der Waals surface area contributed by atoms with Crippen LogP contribution in [0.5, 0.6) is 5.75 Å². The highest BCUT2D eigenvalue weighted by molar-refractivity contribution is 5.29. The van der Waals surface area contributed by atoms with Gasteiger partial charge < -0.3 is 10.5 Å². The lowest BCUT2D eigenvalue weighted by Crippen LogP contribution is -2.05. The average Bonchev–Trinajstić information content (AvgIpc) is 2.87. The Labute approximate surface area is 118 Å². The molecule has 0 saturated carbocycles. The SMILES string of the molecule is CC(C)n1ccc(COc2ccc(CCN)cc2F)n1. The van der Waals surface area contributed by atoms with E-state index in [1.807, 2.05) is 36.9 Å². The molecule has 1 aromatic heterocycles. The second-order valence-electron chi connectivity index (χ2n) is 4.97. The Balaban J connectivity index is 1.99. The van der Waals surface area contributed by atoms with Gasteiger partial charge in [-0.1, -0.05) is 6.07 Å². The third kappa shape index (κ3) is 3.57. The first-order valence-electron chi connectivity index (χ1n) is 6.75. The first kappa shape index (κ1) is 14.5. The van der Waals surface area contributed by atoms with Gasteiger partial charge in [-0.15, -0.1) is 0 Å². The maximum absolute atomic E-state index is 13.8. The molecule has 2 aromatic rings. The third-order valence-electron chi connectivity index (χ3n) is 3.00. The molecule has 0 saturated heterocycles. The van der Waals surface area contributed by atoms with E-state index in [9.17, 15) is 4.39 Å². The predicted octanol–water partition coefficient (Wildman–Crippen LogP) is 2.68. The van der Waals surface area contributed by atoms with Crippen LogP contribution >= 0.6 is 0 Å². The standard InChI is InChI=1S/C15H20FN3O/c1-11(2)19-8-6-13(18-19)10-20-15-4-3-12(5-7-17)9-14(15)16/h3-4,6,8-9,11H,5,7,10,17H2,1-2H3. The molecular formula is C15H20FN3O. The summed E-state index contributed by atoms with van der Waals surface area (Å²) in [6.45, 7) is 4.86. The summed E-state index contributed by atoms with van der Waals surface area (Å²) in [5.74, 6) is -0.121. The first-order valence-corrected chi connectivity index (χ1v) is 6.75. The van der Waals surface area contributed by atoms with Crippen LogP contribution in [0.3, 0.4) is 0 Å². The molecular weight excluding hydrogens is 257 g/mol. The van der Waals surface area contributed by atoms with Gasteiger partial charge in [0.1, 0.15) is 6.61 Å². The molecule has 2 N–H and O–H groups in total. The van der Waals surface area contributed by atoms with Crippen molar-refractivity contribution in [1.29, 1.82) is 0 Å². The van der Waals surface area contributed by atoms with Crippen LogP contribution in [0.4, 0.5) is 4.39 Å². The Morgan fingerprint density at radius 3 is 2.75 bits per heavy atom. The fourth-order valence-corrected chi connectivity index (χ4v) is 1.88. The van der Waals surface area contributed by atoms with Crippen LogP contribution in [0.2, 0.25) is 0 Å². The summed E-state index contributed by atoms with van der Waals surface area (Å²) in [6, 6.07) is 7.11. The van der Waals surface area contributed by atoms with E-state index in [1.165, 1.54) is 6.07 Å². The Bertz CT molecular complexity index is 566. The highest BCUT2D eigenvalue weighted by atomic mass is 19.1. The molecule has 5 heteroatoms. The molecule has 0 spiro atoms. The highest BCUT2D eigenvalue weighted by Gasteiger charge is 2.07. The van der Waals surface area contributed by atoms with Gasteiger partial charge in [0.2, 0.25) is 0 Å². The zero-order valence-electron chi connectivity index (χ0n) is 11.8. The van der Waals surface area contributed by atoms with Crippen LogP contribution in [0, 0.1) is 5.82 Å². The van der Waals surface area contributed by atoms with Crippen molar-refractivity contribution >= 4 is 0 Å². The van der Waals surface area contributed by atoms with Crippen LogP contribution in [0.1, 0.15) is 31.1 Å². The number of ether oxygens (including phenoxy) is 1. The zero-order chi connectivity index (χ0) is 14.5. The molecule has 108 valence electrons. The van der Waals surface area contributed by atoms with Gasteiger partial charge >= 0.3 is 0 Å². The maximum atomic E-state index is 13.8. The number of nitrogens with zero attached hydrogens (tertiary/aromatic N) is 2. The molecule has 2 rings (SSSR count). The van der Waals surface area contributed by atoms with E-state index >= 15 is 0 Å². The van der Waals surface area contributed by atoms with E-state index in [4.69, 9.17) is 10.5 Å². The first-order chi connectivity index (χ1) is 9.60. The minimum Gasteiger partial charge on any atom is -0.484 e. The fraction of sp³-hybridized carbons (Fsp3) is 0.400. The minimum atomic E-state index is -0.362. The molecule has 0 unspecified atom stereocenters. The molecule has 0 fully saturated rings. The molecule has 1 heterocycles. The normalized spacial score (nSPS) is 11.1. The van der Waals surface area contributed by atoms with Gasteiger partial charge in [-0.2, -0.15) is 5.10 Å². The molecule has 0 amide bonds. The summed E-state index contributed by atoms with van der Waals surface area (Å²) in [6.07, 6.45) is 2.56. The highest BCUT2D eigenvalue weighted by Crippen LogP contribution is 2.19. The molecule has 0 atom stereocenters. The monoisotopic (exact) mass is 277 g/mol. The van der Waals surface area contributed by atoms with Crippen LogP contribution in [0.25, 0.3) is 0 Å². The van der Waals surface area contributed by atoms with E-state index in [0.29, 0.717) is 19.0 Å². The molecule has 0 aliphatic heterocycles. The van der Waals surface area contributed by atoms with E-state index in [0.717, 1.165) is 11.3 Å². The number of aromatic nitrogens is 2. The smallest absolute Gasteiger partial charge is 0.165 e. The van der Waals surface area contributed by atoms with Gasteiger partial charge in [-0.25, -0.2) is 4.39 Å². The number of hydrogen-bond acceptors (Lipinski definition) is 3. The maximum Gasteiger partial charge on any atom is 0.165 e. The van der Waals surface area contributed by atoms with Crippen molar-refractivity contribution in [2.75, 3.05) is 6.54 Å². The number of nitrogens with two attached hydrogens (primary N) is 1. The summed E-state index contributed by atoms with van der Waals surface area (Å²) in [5.41, 5.74) is 7.10. The fourth-order valence-electron chi connectivity index (χ4n) is 1.88. The molecule has 20 heavy (non-hydrogen) atoms. The Hall–Kier alpha value is -1.88. The van der Waals surface area contributed by atoms with Crippen molar-refractivity contribution in [1.82, 2.24) is 9.78 Å². The van der Waals surface area contributed by atoms with Crippen LogP contribution < -0.4 is 10.5 Å². The Morgan fingerprint density at radius 2 is 2.15 bits per heavy atom. The lowest BCUT2D eigenvalue weighted by molar-refractivity contribution is 0.283. The average molecular weight is 277 g/mol. The Kier molecular flexibility index (Phi) is 4.74. The van der Waals surface area contributed by atoms with Crippen molar-refractivity contribution in [2.24, 2.45) is 5.73 Å². The van der Waals surface area contributed by atoms with Crippen LogP contribution in [0.15, 0.2) is 30.5 Å². The minimum absolute atomic E-state index is 0.241. The van der Waals surface area contributed by atoms with Gasteiger partial charge in [0, 0.05) is 12.2 Å². The summed E-state index contributed by atoms with van der Waals surface area (Å²) < 4.78 is 21.1. The number of halogens is 1. The van der Waals surface area contributed by atoms with Crippen LogP contribution in [-0.2, 0) is 13.0 Å². The topological polar surface area (TPSA) is 53.1 Å². The molecule has 0 aliphatic carbocycles. The quantitative estimate of drug-likeness (QED) is 0.883. The van der Waals surface area contributed by atoms with E-state index in [-0.39, 0.29) is 18.2 Å². The van der Waals surface area contributed by atoms with Crippen molar-refractivity contribution in [3.63, 3.8) is 0 Å². The van der Waals surface area contributed by atoms with Crippen molar-refractivity contribution in [3.8, 4) is 5.75 Å². The van der Waals surface area contributed by atoms with E-state index < -0.39 is 0 Å². The lowest BCUT2D eigenvalue weighted by atomic mass is 10.1. The van der Waals surface area contributed by atoms with Gasteiger partial charge in [-0.05, 0) is 50.6 Å². The summed E-state index contributed by atoms with van der Waals surface area (Å²) in [7, 11) is 0. The van der Waals surface area contributed by atoms with Crippen molar-refractivity contribution in [3.05, 3.63) is 47.5 Å². The summed E-state index contributed by atoms with van der Waals surface area (Å²) in [5, 5.41) is 4.35. The largest absolute Gasteiger partial charge is 0.484 e. The second kappa shape index (κ2) is 6.52. The molecule has 0 radical (unpaired) electrons. The van der Waals surface area contributed by atoms with Crippen LogP contribution in [-0.4, -0.2) is 16.3 Å². The van der Waals surface area contributed by atoms with Crippen molar-refractivity contribution in [2.45, 2.75) is 32.9 Å². The number of rotatable bonds is 6. The van der Waals surface area contributed by atoms with E-state index in [1.54, 1.807) is 6.07 Å². The van der Waals surface area contributed by atoms with Gasteiger partial charge in [0.05, 0.1) is 5.69 Å². The number of benzene rings is 1. The van der Waals surface area contributed by atoms with E-state index in [2.05, 4.69) is 5.10 Å². The molecule has 0 bridgehead atoms. The van der Waals surface area contributed by atoms with Gasteiger partial charge in [-0.3, -0.25) is 4.68 Å². The summed E-state index contributed by atoms with van der Waals surface area (Å²) in [4.78, 5) is 0. The van der Waals surface area contributed by atoms with Crippen molar-refractivity contribution < 1.29 is 9.13 Å². The third-order valence-corrected chi connectivity index (χ3v) is 3.00. The predicted molar refractivity (Wildman–Crippen MR) is 76.1 cm³/mol. The second-order valence-corrected chi connectivity index (χ2v) is 4.97. The zero-order valence-corrected chi connectivity index (χ0v) is 11.8. The molecule has 4 nitrogen and oxygen atoms in total. The Morgan fingerprint density at radius 1 is 1.35 bits per heavy atom. The molecule has 0 aliphatic rings. The summed E-state index contributed by atoms with van der Waals surface area (Å²) >= 11 is 0.